The van der Waals surface area contributed by atoms with Gasteiger partial charge in [0.05, 0.1) is 63.3 Å². The highest BCUT2D eigenvalue weighted by Crippen LogP contribution is 2.32. The Morgan fingerprint density at radius 3 is 2.30 bits per heavy atom. The molecule has 0 saturated carbocycles. The normalized spacial score (nSPS) is 13.1. The van der Waals surface area contributed by atoms with E-state index in [9.17, 15) is 14.4 Å². The third kappa shape index (κ3) is 19.4. The lowest BCUT2D eigenvalue weighted by molar-refractivity contribution is 0.0323. The number of urea groups is 1. The fraction of sp³-hybridized carbons (Fsp3) is 0.510. The number of anilines is 2. The average molecular weight is 951 g/mol. The summed E-state index contributed by atoms with van der Waals surface area (Å²) in [7, 11) is 0. The number of fused-ring (bicyclic) bond motifs is 1. The zero-order valence-corrected chi connectivity index (χ0v) is 39.9. The molecular weight excluding hydrogens is 882 g/mol. The highest BCUT2D eigenvalue weighted by molar-refractivity contribution is 6.17. The summed E-state index contributed by atoms with van der Waals surface area (Å²) in [6.07, 6.45) is 6.53. The second-order valence-electron chi connectivity index (χ2n) is 16.7. The summed E-state index contributed by atoms with van der Waals surface area (Å²) in [4.78, 5) is 40.3. The average Bonchev–Trinajstić information content (AvgIpc) is 3.76. The van der Waals surface area contributed by atoms with Gasteiger partial charge in [0.25, 0.3) is 0 Å². The number of ether oxygens (including phenoxy) is 7. The summed E-state index contributed by atoms with van der Waals surface area (Å²) in [5, 5.41) is 18.1. The third-order valence-corrected chi connectivity index (χ3v) is 10.7. The number of alkyl carbamates (subject to hydrolysis) is 2. The first kappa shape index (κ1) is 52.5. The molecule has 0 unspecified atom stereocenters. The minimum atomic E-state index is -0.591. The van der Waals surface area contributed by atoms with Crippen molar-refractivity contribution in [1.82, 2.24) is 25.3 Å². The van der Waals surface area contributed by atoms with Gasteiger partial charge in [-0.3, -0.25) is 10.2 Å². The van der Waals surface area contributed by atoms with Crippen molar-refractivity contribution < 1.29 is 47.5 Å². The molecule has 1 aromatic heterocycles. The van der Waals surface area contributed by atoms with E-state index in [0.717, 1.165) is 86.3 Å². The molecule has 0 spiro atoms. The van der Waals surface area contributed by atoms with Crippen LogP contribution in [0, 0.1) is 0 Å². The van der Waals surface area contributed by atoms with E-state index in [-0.39, 0.29) is 38.4 Å². The van der Waals surface area contributed by atoms with Gasteiger partial charge in [-0.2, -0.15) is 5.10 Å². The van der Waals surface area contributed by atoms with E-state index in [1.807, 2.05) is 66.7 Å². The van der Waals surface area contributed by atoms with Crippen molar-refractivity contribution in [3.05, 3.63) is 90.1 Å². The zero-order valence-electron chi connectivity index (χ0n) is 39.2. The molecule has 4 amide bonds. The second kappa shape index (κ2) is 29.4. The Labute approximate surface area is 399 Å². The maximum atomic E-state index is 13.6. The zero-order chi connectivity index (χ0) is 47.5. The van der Waals surface area contributed by atoms with Crippen molar-refractivity contribution in [1.29, 1.82) is 0 Å². The lowest BCUT2D eigenvalue weighted by atomic mass is 9.92. The van der Waals surface area contributed by atoms with Crippen LogP contribution in [0.25, 0.3) is 16.5 Å². The van der Waals surface area contributed by atoms with Gasteiger partial charge < -0.3 is 49.1 Å². The number of halogens is 1. The second-order valence-corrected chi connectivity index (χ2v) is 17.1. The molecule has 1 fully saturated rings. The lowest BCUT2D eigenvalue weighted by Gasteiger charge is -2.26. The van der Waals surface area contributed by atoms with Crippen molar-refractivity contribution in [2.24, 2.45) is 0 Å². The molecule has 1 saturated heterocycles. The summed E-state index contributed by atoms with van der Waals surface area (Å²) >= 11 is 5.67. The molecule has 0 atom stereocenters. The fourth-order valence-electron chi connectivity index (χ4n) is 6.80. The molecule has 17 nitrogen and oxygen atoms in total. The molecule has 0 aliphatic carbocycles. The van der Waals surface area contributed by atoms with Gasteiger partial charge in [-0.05, 0) is 48.7 Å². The smallest absolute Gasteiger partial charge is 0.407 e. The van der Waals surface area contributed by atoms with E-state index in [4.69, 9.17) is 49.9 Å². The third-order valence-electron chi connectivity index (χ3n) is 10.4. The van der Waals surface area contributed by atoms with Crippen LogP contribution < -0.4 is 26.0 Å². The number of nitrogens with zero attached hydrogens (tertiary/aromatic N) is 3. The number of morpholine rings is 1. The number of nitrogens with one attached hydrogen (secondary N) is 4. The minimum Gasteiger partial charge on any atom is -0.492 e. The largest absolute Gasteiger partial charge is 0.492 e. The molecule has 0 radical (unpaired) electrons. The number of rotatable bonds is 28. The summed E-state index contributed by atoms with van der Waals surface area (Å²) in [5.41, 5.74) is 2.60. The minimum absolute atomic E-state index is 0.0421. The van der Waals surface area contributed by atoms with E-state index in [0.29, 0.717) is 62.7 Å². The Kier molecular flexibility index (Phi) is 23.0. The van der Waals surface area contributed by atoms with Crippen LogP contribution in [-0.4, -0.2) is 138 Å². The van der Waals surface area contributed by atoms with E-state index in [1.54, 1.807) is 16.8 Å². The van der Waals surface area contributed by atoms with Gasteiger partial charge in [0, 0.05) is 67.5 Å². The van der Waals surface area contributed by atoms with Gasteiger partial charge in [0.15, 0.2) is 0 Å². The Bertz CT molecular complexity index is 2140. The maximum absolute atomic E-state index is 13.6. The van der Waals surface area contributed by atoms with E-state index >= 15 is 0 Å². The van der Waals surface area contributed by atoms with Crippen molar-refractivity contribution >= 4 is 52.1 Å². The number of unbranched alkanes of at least 4 members (excludes halogenated alkanes) is 3. The summed E-state index contributed by atoms with van der Waals surface area (Å²) < 4.78 is 40.1. The van der Waals surface area contributed by atoms with Crippen LogP contribution in [0.3, 0.4) is 0 Å². The standard InChI is InChI=1S/C49H68ClN7O10/c1-49(2,3)44-36-45(54-46(58)53-42-17-18-43(41-16-7-6-15-40(41)42)65-30-23-56-21-28-64-29-22-56)57(55-44)39-14-12-13-38(35-39)37-52-48(60)66-26-11-10-25-62-33-34-67-47(59)51-20-27-63-32-31-61-24-9-5-4-8-19-50/h6-7,10-18,35-36H,4-5,8-9,19-34,37H2,1-3H3,(H,51,59)(H,52,60)(H2,53,54,58)/b11-10-. The predicted molar refractivity (Wildman–Crippen MR) is 260 cm³/mol. The molecule has 2 heterocycles. The monoisotopic (exact) mass is 949 g/mol. The molecule has 4 N–H and O–H groups in total. The van der Waals surface area contributed by atoms with E-state index in [1.165, 1.54) is 0 Å². The lowest BCUT2D eigenvalue weighted by Crippen LogP contribution is -2.38. The molecule has 67 heavy (non-hydrogen) atoms. The molecule has 5 rings (SSSR count). The van der Waals surface area contributed by atoms with Crippen LogP contribution in [0.2, 0.25) is 0 Å². The van der Waals surface area contributed by atoms with Crippen LogP contribution in [0.1, 0.15) is 57.7 Å². The van der Waals surface area contributed by atoms with Crippen LogP contribution in [0.5, 0.6) is 5.75 Å². The quantitative estimate of drug-likeness (QED) is 0.0245. The molecule has 3 aromatic carbocycles. The first-order valence-electron chi connectivity index (χ1n) is 23.1. The Balaban J connectivity index is 0.996. The van der Waals surface area contributed by atoms with Gasteiger partial charge in [-0.15, -0.1) is 11.6 Å². The van der Waals surface area contributed by atoms with Crippen LogP contribution in [0.4, 0.5) is 25.9 Å². The molecule has 1 aliphatic rings. The number of carbonyl (C=O) groups excluding carboxylic acids is 3. The summed E-state index contributed by atoms with van der Waals surface area (Å²) in [6, 6.07) is 20.5. The highest BCUT2D eigenvalue weighted by Gasteiger charge is 2.22. The number of amides is 4. The van der Waals surface area contributed by atoms with E-state index < -0.39 is 18.2 Å². The highest BCUT2D eigenvalue weighted by atomic mass is 35.5. The molecule has 18 heteroatoms. The number of aromatic nitrogens is 2. The molecule has 0 bridgehead atoms. The molecule has 4 aromatic rings. The van der Waals surface area contributed by atoms with Gasteiger partial charge in [-0.25, -0.2) is 19.1 Å². The predicted octanol–water partition coefficient (Wildman–Crippen LogP) is 8.04. The Hall–Kier alpha value is -5.43. The topological polar surface area (TPSA) is 185 Å². The van der Waals surface area contributed by atoms with Crippen molar-refractivity contribution in [3.63, 3.8) is 0 Å². The first-order valence-corrected chi connectivity index (χ1v) is 23.6. The molecule has 1 aliphatic heterocycles. The summed E-state index contributed by atoms with van der Waals surface area (Å²) in [6.45, 7) is 13.9. The van der Waals surface area contributed by atoms with E-state index in [2.05, 4.69) is 46.9 Å². The van der Waals surface area contributed by atoms with Gasteiger partial charge in [-0.1, -0.05) is 76.1 Å². The van der Waals surface area contributed by atoms with Crippen molar-refractivity contribution in [2.45, 2.75) is 58.4 Å². The number of alkyl halides is 1. The van der Waals surface area contributed by atoms with Gasteiger partial charge in [0.2, 0.25) is 0 Å². The fourth-order valence-corrected chi connectivity index (χ4v) is 6.99. The number of carbonyl (C=O) groups is 3. The van der Waals surface area contributed by atoms with Crippen molar-refractivity contribution in [2.75, 3.05) is 115 Å². The summed E-state index contributed by atoms with van der Waals surface area (Å²) in [5.74, 6) is 1.93. The molecular formula is C49H68ClN7O10. The first-order chi connectivity index (χ1) is 32.6. The number of hydrogen-bond donors (Lipinski definition) is 4. The van der Waals surface area contributed by atoms with Gasteiger partial charge >= 0.3 is 18.2 Å². The number of hydrogen-bond acceptors (Lipinski definition) is 12. The van der Waals surface area contributed by atoms with Crippen LogP contribution in [-0.2, 0) is 40.4 Å². The van der Waals surface area contributed by atoms with Crippen molar-refractivity contribution in [3.8, 4) is 11.4 Å². The Morgan fingerprint density at radius 2 is 1.49 bits per heavy atom. The number of benzene rings is 3. The SMILES string of the molecule is CC(C)(C)c1cc(NC(=O)Nc2ccc(OCCN3CCOCC3)c3ccccc23)n(-c2cccc(CNC(=O)OC/C=C\COCCOC(=O)NCCOCCOCCCCCCCl)c2)n1. The van der Waals surface area contributed by atoms with Crippen LogP contribution >= 0.6 is 11.6 Å². The van der Waals surface area contributed by atoms with Crippen LogP contribution in [0.15, 0.2) is 78.9 Å². The van der Waals surface area contributed by atoms with Gasteiger partial charge in [0.1, 0.15) is 31.4 Å². The maximum Gasteiger partial charge on any atom is 0.407 e. The molecule has 366 valence electrons. The Morgan fingerprint density at radius 1 is 0.746 bits per heavy atom.